The molecule has 0 spiro atoms. The Morgan fingerprint density at radius 1 is 1.33 bits per heavy atom. The Labute approximate surface area is 163 Å². The summed E-state index contributed by atoms with van der Waals surface area (Å²) < 4.78 is 37.3. The summed E-state index contributed by atoms with van der Waals surface area (Å²) in [5.74, 6) is 0.795. The first kappa shape index (κ1) is 19.7. The number of halogens is 1. The van der Waals surface area contributed by atoms with Crippen LogP contribution in [0.4, 0.5) is 0 Å². The minimum atomic E-state index is -3.66. The second-order valence-corrected chi connectivity index (χ2v) is 8.62. The number of hydrogen-bond donors (Lipinski definition) is 1. The number of amides is 1. The number of carbonyl (C=O) groups excluding carboxylic acids is 1. The van der Waals surface area contributed by atoms with Crippen LogP contribution in [0.2, 0.25) is 5.02 Å². The van der Waals surface area contributed by atoms with Gasteiger partial charge in [-0.05, 0) is 43.2 Å². The number of sulfonamides is 1. The fourth-order valence-electron chi connectivity index (χ4n) is 3.05. The molecule has 9 heteroatoms. The van der Waals surface area contributed by atoms with E-state index in [4.69, 9.17) is 20.8 Å². The lowest BCUT2D eigenvalue weighted by Crippen LogP contribution is -2.42. The molecular weight excluding hydrogens is 392 g/mol. The summed E-state index contributed by atoms with van der Waals surface area (Å²) in [6.45, 7) is 0.893. The molecule has 1 amide bonds. The van der Waals surface area contributed by atoms with Gasteiger partial charge in [-0.15, -0.1) is 0 Å². The van der Waals surface area contributed by atoms with Crippen molar-refractivity contribution < 1.29 is 22.4 Å². The van der Waals surface area contributed by atoms with Crippen LogP contribution in [0.15, 0.2) is 45.9 Å². The van der Waals surface area contributed by atoms with E-state index < -0.39 is 10.0 Å². The van der Waals surface area contributed by atoms with Crippen LogP contribution in [-0.4, -0.2) is 38.8 Å². The quantitative estimate of drug-likeness (QED) is 0.787. The van der Waals surface area contributed by atoms with Gasteiger partial charge in [-0.1, -0.05) is 11.6 Å². The molecule has 3 rings (SSSR count). The number of carbonyl (C=O) groups is 1. The van der Waals surface area contributed by atoms with E-state index in [1.807, 2.05) is 0 Å². The highest BCUT2D eigenvalue weighted by molar-refractivity contribution is 7.89. The predicted octanol–water partition coefficient (Wildman–Crippen LogP) is 2.66. The van der Waals surface area contributed by atoms with Gasteiger partial charge in [0.25, 0.3) is 0 Å². The number of rotatable bonds is 6. The molecule has 1 aromatic heterocycles. The maximum Gasteiger partial charge on any atom is 0.243 e. The van der Waals surface area contributed by atoms with Crippen molar-refractivity contribution in [2.24, 2.45) is 5.92 Å². The molecule has 1 saturated heterocycles. The molecule has 1 aliphatic rings. The van der Waals surface area contributed by atoms with Crippen molar-refractivity contribution >= 4 is 27.5 Å². The Morgan fingerprint density at radius 3 is 2.67 bits per heavy atom. The minimum absolute atomic E-state index is 0.0871. The standard InChI is InChI=1S/C18H21ClN2O5S/c1-25-17-5-4-15(11-16(17)19)27(23,24)21-8-6-13(7-9-21)18(22)20-12-14-3-2-10-26-14/h2-5,10-11,13H,6-9,12H2,1H3,(H,20,22). The molecule has 1 aromatic carbocycles. The molecule has 2 heterocycles. The van der Waals surface area contributed by atoms with Crippen LogP contribution in [-0.2, 0) is 21.4 Å². The smallest absolute Gasteiger partial charge is 0.243 e. The van der Waals surface area contributed by atoms with Crippen molar-refractivity contribution in [3.8, 4) is 5.75 Å². The van der Waals surface area contributed by atoms with Crippen LogP contribution in [0.1, 0.15) is 18.6 Å². The molecule has 2 aromatic rings. The highest BCUT2D eigenvalue weighted by atomic mass is 35.5. The number of piperidine rings is 1. The summed E-state index contributed by atoms with van der Waals surface area (Å²) in [6, 6.07) is 7.94. The van der Waals surface area contributed by atoms with Crippen molar-refractivity contribution in [2.45, 2.75) is 24.3 Å². The summed E-state index contributed by atoms with van der Waals surface area (Å²) in [5, 5.41) is 3.07. The predicted molar refractivity (Wildman–Crippen MR) is 100 cm³/mol. The first-order chi connectivity index (χ1) is 12.9. The molecule has 0 unspecified atom stereocenters. The fraction of sp³-hybridized carbons (Fsp3) is 0.389. The van der Waals surface area contributed by atoms with E-state index in [0.29, 0.717) is 30.9 Å². The van der Waals surface area contributed by atoms with E-state index >= 15 is 0 Å². The molecular formula is C18H21ClN2O5S. The molecule has 1 N–H and O–H groups in total. The maximum atomic E-state index is 12.8. The van der Waals surface area contributed by atoms with Crippen LogP contribution < -0.4 is 10.1 Å². The average Bonchev–Trinajstić information content (AvgIpc) is 3.19. The number of ether oxygens (including phenoxy) is 1. The van der Waals surface area contributed by atoms with Gasteiger partial charge < -0.3 is 14.5 Å². The number of benzene rings is 1. The van der Waals surface area contributed by atoms with Crippen molar-refractivity contribution in [3.63, 3.8) is 0 Å². The SMILES string of the molecule is COc1ccc(S(=O)(=O)N2CCC(C(=O)NCc3ccco3)CC2)cc1Cl. The molecule has 1 aliphatic heterocycles. The highest BCUT2D eigenvalue weighted by Gasteiger charge is 2.32. The van der Waals surface area contributed by atoms with Gasteiger partial charge in [0, 0.05) is 19.0 Å². The Kier molecular flexibility index (Phi) is 6.08. The van der Waals surface area contributed by atoms with Gasteiger partial charge >= 0.3 is 0 Å². The van der Waals surface area contributed by atoms with Crippen LogP contribution in [0.25, 0.3) is 0 Å². The van der Waals surface area contributed by atoms with Gasteiger partial charge in [-0.2, -0.15) is 4.31 Å². The monoisotopic (exact) mass is 412 g/mol. The second kappa shape index (κ2) is 8.33. The zero-order valence-electron chi connectivity index (χ0n) is 14.9. The number of nitrogens with one attached hydrogen (secondary N) is 1. The van der Waals surface area contributed by atoms with Gasteiger partial charge in [-0.25, -0.2) is 8.42 Å². The lowest BCUT2D eigenvalue weighted by molar-refractivity contribution is -0.126. The normalized spacial score (nSPS) is 16.2. The molecule has 0 radical (unpaired) electrons. The van der Waals surface area contributed by atoms with Gasteiger partial charge in [0.2, 0.25) is 15.9 Å². The molecule has 0 bridgehead atoms. The Bertz CT molecular complexity index is 890. The van der Waals surface area contributed by atoms with Crippen molar-refractivity contribution in [1.82, 2.24) is 9.62 Å². The van der Waals surface area contributed by atoms with Crippen molar-refractivity contribution in [2.75, 3.05) is 20.2 Å². The van der Waals surface area contributed by atoms with E-state index in [2.05, 4.69) is 5.32 Å². The number of nitrogens with zero attached hydrogens (tertiary/aromatic N) is 1. The molecule has 146 valence electrons. The van der Waals surface area contributed by atoms with E-state index in [9.17, 15) is 13.2 Å². The van der Waals surface area contributed by atoms with Crippen LogP contribution in [0.3, 0.4) is 0 Å². The van der Waals surface area contributed by atoms with E-state index in [-0.39, 0.29) is 34.8 Å². The van der Waals surface area contributed by atoms with Crippen molar-refractivity contribution in [3.05, 3.63) is 47.4 Å². The molecule has 0 atom stereocenters. The molecule has 0 aliphatic carbocycles. The number of hydrogen-bond acceptors (Lipinski definition) is 5. The topological polar surface area (TPSA) is 88.9 Å². The molecule has 7 nitrogen and oxygen atoms in total. The maximum absolute atomic E-state index is 12.8. The van der Waals surface area contributed by atoms with Gasteiger partial charge in [0.15, 0.2) is 0 Å². The van der Waals surface area contributed by atoms with E-state index in [1.165, 1.54) is 29.6 Å². The summed E-state index contributed by atoms with van der Waals surface area (Å²) >= 11 is 6.05. The molecule has 27 heavy (non-hydrogen) atoms. The van der Waals surface area contributed by atoms with E-state index in [1.54, 1.807) is 18.4 Å². The van der Waals surface area contributed by atoms with Gasteiger partial charge in [-0.3, -0.25) is 4.79 Å². The third kappa shape index (κ3) is 4.45. The van der Waals surface area contributed by atoms with Crippen LogP contribution in [0.5, 0.6) is 5.75 Å². The average molecular weight is 413 g/mol. The Hall–Kier alpha value is -2.03. The van der Waals surface area contributed by atoms with Gasteiger partial charge in [0.1, 0.15) is 11.5 Å². The fourth-order valence-corrected chi connectivity index (χ4v) is 4.87. The molecule has 1 fully saturated rings. The summed E-state index contributed by atoms with van der Waals surface area (Å²) in [4.78, 5) is 12.4. The first-order valence-corrected chi connectivity index (χ1v) is 10.4. The zero-order chi connectivity index (χ0) is 19.4. The summed E-state index contributed by atoms with van der Waals surface area (Å²) in [6.07, 6.45) is 2.48. The van der Waals surface area contributed by atoms with Crippen LogP contribution in [0, 0.1) is 5.92 Å². The zero-order valence-corrected chi connectivity index (χ0v) is 16.4. The summed E-state index contributed by atoms with van der Waals surface area (Å²) in [5.41, 5.74) is 0. The van der Waals surface area contributed by atoms with Gasteiger partial charge in [0.05, 0.1) is 29.8 Å². The highest BCUT2D eigenvalue weighted by Crippen LogP contribution is 2.30. The Balaban J connectivity index is 1.59. The largest absolute Gasteiger partial charge is 0.495 e. The third-order valence-electron chi connectivity index (χ3n) is 4.60. The Morgan fingerprint density at radius 2 is 2.07 bits per heavy atom. The van der Waals surface area contributed by atoms with Crippen LogP contribution >= 0.6 is 11.6 Å². The first-order valence-electron chi connectivity index (χ1n) is 8.55. The summed E-state index contributed by atoms with van der Waals surface area (Å²) in [7, 11) is -2.19. The number of methoxy groups -OCH3 is 1. The second-order valence-electron chi connectivity index (χ2n) is 6.27. The lowest BCUT2D eigenvalue weighted by Gasteiger charge is -2.30. The van der Waals surface area contributed by atoms with E-state index in [0.717, 1.165) is 0 Å². The van der Waals surface area contributed by atoms with Crippen molar-refractivity contribution in [1.29, 1.82) is 0 Å². The minimum Gasteiger partial charge on any atom is -0.495 e. The lowest BCUT2D eigenvalue weighted by atomic mass is 9.97. The number of furan rings is 1. The third-order valence-corrected chi connectivity index (χ3v) is 6.79. The molecule has 0 saturated carbocycles.